The van der Waals surface area contributed by atoms with Gasteiger partial charge < -0.3 is 4.98 Å². The summed E-state index contributed by atoms with van der Waals surface area (Å²) in [5, 5.41) is 7.04. The van der Waals surface area contributed by atoms with Crippen LogP contribution in [0.3, 0.4) is 0 Å². The van der Waals surface area contributed by atoms with Gasteiger partial charge in [0, 0.05) is 16.3 Å². The monoisotopic (exact) mass is 429 g/mol. The molecule has 0 spiro atoms. The third-order valence-corrected chi connectivity index (χ3v) is 7.22. The van der Waals surface area contributed by atoms with Gasteiger partial charge in [0.2, 0.25) is 10.0 Å². The van der Waals surface area contributed by atoms with E-state index in [-0.39, 0.29) is 9.79 Å². The zero-order valence-electron chi connectivity index (χ0n) is 15.7. The van der Waals surface area contributed by atoms with E-state index in [1.165, 1.54) is 24.3 Å². The van der Waals surface area contributed by atoms with Crippen LogP contribution in [0, 0.1) is 13.8 Å². The molecule has 4 aromatic rings. The van der Waals surface area contributed by atoms with Gasteiger partial charge in [-0.3, -0.25) is 4.72 Å². The number of aromatic nitrogens is 1. The SMILES string of the molecule is Cc1ccc(C)c2c1[nH]c1c(NS(=O)(=O)c3ccc(S(N)(=O)=O)cc3)cccc12. The van der Waals surface area contributed by atoms with Crippen molar-refractivity contribution in [2.24, 2.45) is 5.14 Å². The van der Waals surface area contributed by atoms with Crippen LogP contribution in [0.1, 0.15) is 11.1 Å². The minimum absolute atomic E-state index is 0.0645. The molecule has 0 atom stereocenters. The maximum atomic E-state index is 12.8. The standard InChI is InChI=1S/C20H19N3O4S2/c1-12-6-7-13(2)19-18(12)16-4-3-5-17(20(16)22-19)23-29(26,27)15-10-8-14(9-11-15)28(21,24)25/h3-11,22-23H,1-2H3,(H2,21,24,25). The number of para-hydroxylation sites is 1. The summed E-state index contributed by atoms with van der Waals surface area (Å²) in [5.41, 5.74) is 4.21. The summed E-state index contributed by atoms with van der Waals surface area (Å²) in [7, 11) is -7.83. The third kappa shape index (κ3) is 3.37. The fourth-order valence-corrected chi connectivity index (χ4v) is 5.02. The summed E-state index contributed by atoms with van der Waals surface area (Å²) in [6, 6.07) is 14.2. The van der Waals surface area contributed by atoms with Gasteiger partial charge in [-0.15, -0.1) is 0 Å². The van der Waals surface area contributed by atoms with Gasteiger partial charge in [-0.25, -0.2) is 22.0 Å². The second-order valence-electron chi connectivity index (χ2n) is 6.92. The Morgan fingerprint density at radius 3 is 2.07 bits per heavy atom. The Morgan fingerprint density at radius 1 is 0.793 bits per heavy atom. The number of hydrogen-bond acceptors (Lipinski definition) is 4. The molecule has 9 heteroatoms. The molecule has 7 nitrogen and oxygen atoms in total. The van der Waals surface area contributed by atoms with Crippen molar-refractivity contribution in [2.75, 3.05) is 4.72 Å². The molecule has 150 valence electrons. The highest BCUT2D eigenvalue weighted by Gasteiger charge is 2.19. The Labute approximate surface area is 168 Å². The molecule has 0 saturated carbocycles. The van der Waals surface area contributed by atoms with Crippen molar-refractivity contribution in [2.45, 2.75) is 23.6 Å². The lowest BCUT2D eigenvalue weighted by atomic mass is 10.0. The van der Waals surface area contributed by atoms with Crippen LogP contribution in [0.5, 0.6) is 0 Å². The van der Waals surface area contributed by atoms with E-state index in [4.69, 9.17) is 5.14 Å². The number of rotatable bonds is 4. The predicted octanol–water partition coefficient (Wildman–Crippen LogP) is 3.39. The van der Waals surface area contributed by atoms with Gasteiger partial charge in [0.15, 0.2) is 0 Å². The van der Waals surface area contributed by atoms with Gasteiger partial charge in [0.1, 0.15) is 0 Å². The van der Waals surface area contributed by atoms with Crippen LogP contribution < -0.4 is 9.86 Å². The lowest BCUT2D eigenvalue weighted by Crippen LogP contribution is -2.15. The van der Waals surface area contributed by atoms with E-state index < -0.39 is 20.0 Å². The Bertz CT molecular complexity index is 1470. The van der Waals surface area contributed by atoms with Crippen molar-refractivity contribution >= 4 is 47.5 Å². The molecule has 0 radical (unpaired) electrons. The number of nitrogens with one attached hydrogen (secondary N) is 2. The fourth-order valence-electron chi connectivity index (χ4n) is 3.44. The number of H-pyrrole nitrogens is 1. The van der Waals surface area contributed by atoms with Crippen LogP contribution in [0.4, 0.5) is 5.69 Å². The second-order valence-corrected chi connectivity index (χ2v) is 10.2. The summed E-state index contributed by atoms with van der Waals surface area (Å²) < 4.78 is 51.1. The first-order valence-corrected chi connectivity index (χ1v) is 11.8. The average Bonchev–Trinajstić information content (AvgIpc) is 3.06. The number of aromatic amines is 1. The van der Waals surface area contributed by atoms with Crippen molar-refractivity contribution in [1.82, 2.24) is 4.98 Å². The number of fused-ring (bicyclic) bond motifs is 3. The molecular formula is C20H19N3O4S2. The van der Waals surface area contributed by atoms with Gasteiger partial charge in [-0.2, -0.15) is 0 Å². The Balaban J connectivity index is 1.81. The molecule has 0 aliphatic rings. The van der Waals surface area contributed by atoms with Crippen LogP contribution in [0.15, 0.2) is 64.4 Å². The minimum Gasteiger partial charge on any atom is -0.353 e. The zero-order chi connectivity index (χ0) is 21.0. The molecule has 0 amide bonds. The first-order valence-electron chi connectivity index (χ1n) is 8.74. The second kappa shape index (κ2) is 6.58. The molecule has 0 aliphatic carbocycles. The molecule has 0 aliphatic heterocycles. The smallest absolute Gasteiger partial charge is 0.261 e. The molecule has 29 heavy (non-hydrogen) atoms. The van der Waals surface area contributed by atoms with E-state index in [1.807, 2.05) is 32.0 Å². The summed E-state index contributed by atoms with van der Waals surface area (Å²) in [5.74, 6) is 0. The summed E-state index contributed by atoms with van der Waals surface area (Å²) in [6.07, 6.45) is 0. The first kappa shape index (κ1) is 19.4. The van der Waals surface area contributed by atoms with E-state index in [0.29, 0.717) is 11.2 Å². The number of primary sulfonamides is 1. The van der Waals surface area contributed by atoms with Gasteiger partial charge in [-0.05, 0) is 55.3 Å². The molecule has 3 aromatic carbocycles. The van der Waals surface area contributed by atoms with Crippen molar-refractivity contribution in [1.29, 1.82) is 0 Å². The number of hydrogen-bond donors (Lipinski definition) is 3. The molecule has 0 unspecified atom stereocenters. The highest BCUT2D eigenvalue weighted by molar-refractivity contribution is 7.92. The molecule has 0 saturated heterocycles. The van der Waals surface area contributed by atoms with E-state index in [0.717, 1.165) is 27.4 Å². The number of sulfonamides is 2. The highest BCUT2D eigenvalue weighted by atomic mass is 32.2. The summed E-state index contributed by atoms with van der Waals surface area (Å²) in [4.78, 5) is 3.12. The third-order valence-electron chi connectivity index (χ3n) is 4.91. The number of aryl methyl sites for hydroxylation is 2. The van der Waals surface area contributed by atoms with Gasteiger partial charge in [0.25, 0.3) is 10.0 Å². The lowest BCUT2D eigenvalue weighted by Gasteiger charge is -2.09. The normalized spacial score (nSPS) is 12.5. The summed E-state index contributed by atoms with van der Waals surface area (Å²) in [6.45, 7) is 4.01. The van der Waals surface area contributed by atoms with Crippen molar-refractivity contribution in [3.8, 4) is 0 Å². The van der Waals surface area contributed by atoms with Crippen LogP contribution in [-0.4, -0.2) is 21.8 Å². The maximum Gasteiger partial charge on any atom is 0.261 e. The average molecular weight is 430 g/mol. The van der Waals surface area contributed by atoms with Crippen molar-refractivity contribution in [3.05, 3.63) is 65.7 Å². The number of nitrogens with two attached hydrogens (primary N) is 1. The van der Waals surface area contributed by atoms with Gasteiger partial charge >= 0.3 is 0 Å². The van der Waals surface area contributed by atoms with E-state index >= 15 is 0 Å². The van der Waals surface area contributed by atoms with Crippen LogP contribution in [-0.2, 0) is 20.0 Å². The Morgan fingerprint density at radius 2 is 1.41 bits per heavy atom. The molecule has 1 heterocycles. The van der Waals surface area contributed by atoms with E-state index in [9.17, 15) is 16.8 Å². The lowest BCUT2D eigenvalue weighted by molar-refractivity contribution is 0.595. The van der Waals surface area contributed by atoms with Crippen LogP contribution in [0.25, 0.3) is 21.8 Å². The number of benzene rings is 3. The molecule has 0 bridgehead atoms. The van der Waals surface area contributed by atoms with Crippen LogP contribution in [0.2, 0.25) is 0 Å². The molecule has 0 fully saturated rings. The zero-order valence-corrected chi connectivity index (χ0v) is 17.4. The quantitative estimate of drug-likeness (QED) is 0.460. The molecular weight excluding hydrogens is 410 g/mol. The van der Waals surface area contributed by atoms with Crippen molar-refractivity contribution < 1.29 is 16.8 Å². The highest BCUT2D eigenvalue weighted by Crippen LogP contribution is 2.34. The van der Waals surface area contributed by atoms with Gasteiger partial charge in [0.05, 0.1) is 21.0 Å². The first-order chi connectivity index (χ1) is 13.6. The Kier molecular flexibility index (Phi) is 4.41. The van der Waals surface area contributed by atoms with Gasteiger partial charge in [-0.1, -0.05) is 24.3 Å². The predicted molar refractivity (Wildman–Crippen MR) is 114 cm³/mol. The largest absolute Gasteiger partial charge is 0.353 e. The van der Waals surface area contributed by atoms with Crippen LogP contribution >= 0.6 is 0 Å². The summed E-state index contributed by atoms with van der Waals surface area (Å²) >= 11 is 0. The molecule has 1 aromatic heterocycles. The van der Waals surface area contributed by atoms with E-state index in [2.05, 4.69) is 9.71 Å². The molecule has 4 N–H and O–H groups in total. The number of anilines is 1. The Hall–Kier alpha value is -2.88. The fraction of sp³-hybridized carbons (Fsp3) is 0.100. The topological polar surface area (TPSA) is 122 Å². The van der Waals surface area contributed by atoms with E-state index in [1.54, 1.807) is 12.1 Å². The molecule has 4 rings (SSSR count). The minimum atomic E-state index is -3.93. The maximum absolute atomic E-state index is 12.8. The van der Waals surface area contributed by atoms with Crippen molar-refractivity contribution in [3.63, 3.8) is 0 Å².